The Kier molecular flexibility index (Phi) is 3.74. The SMILES string of the molecule is O=C(c1ccco1)N1N=C(c2cccs2)C[C@@H]1c1ccc(F)cc1. The van der Waals surface area contributed by atoms with E-state index in [1.165, 1.54) is 23.4 Å². The van der Waals surface area contributed by atoms with Gasteiger partial charge in [0, 0.05) is 6.42 Å². The van der Waals surface area contributed by atoms with Crippen molar-refractivity contribution in [2.24, 2.45) is 5.10 Å². The van der Waals surface area contributed by atoms with Gasteiger partial charge in [-0.2, -0.15) is 5.10 Å². The van der Waals surface area contributed by atoms with Crippen LogP contribution in [-0.4, -0.2) is 16.6 Å². The fourth-order valence-electron chi connectivity index (χ4n) is 2.75. The maximum Gasteiger partial charge on any atom is 0.310 e. The average molecular weight is 340 g/mol. The van der Waals surface area contributed by atoms with Gasteiger partial charge in [-0.15, -0.1) is 11.3 Å². The van der Waals surface area contributed by atoms with Crippen LogP contribution in [0, 0.1) is 5.82 Å². The number of nitrogens with zero attached hydrogens (tertiary/aromatic N) is 2. The molecule has 1 atom stereocenters. The van der Waals surface area contributed by atoms with Crippen molar-refractivity contribution in [3.05, 3.63) is 82.2 Å². The van der Waals surface area contributed by atoms with Crippen LogP contribution in [0.3, 0.4) is 0 Å². The van der Waals surface area contributed by atoms with Gasteiger partial charge in [0.15, 0.2) is 5.76 Å². The molecule has 2 aromatic heterocycles. The molecule has 0 saturated heterocycles. The van der Waals surface area contributed by atoms with Crippen molar-refractivity contribution in [3.63, 3.8) is 0 Å². The van der Waals surface area contributed by atoms with Crippen LogP contribution in [0.5, 0.6) is 0 Å². The molecule has 24 heavy (non-hydrogen) atoms. The van der Waals surface area contributed by atoms with Crippen LogP contribution >= 0.6 is 11.3 Å². The van der Waals surface area contributed by atoms with E-state index in [2.05, 4.69) is 5.10 Å². The molecule has 0 radical (unpaired) electrons. The quantitative estimate of drug-likeness (QED) is 0.706. The molecular formula is C18H13FN2O2S. The Hall–Kier alpha value is -2.73. The van der Waals surface area contributed by atoms with Crippen molar-refractivity contribution < 1.29 is 13.6 Å². The van der Waals surface area contributed by atoms with Gasteiger partial charge in [0.25, 0.3) is 0 Å². The molecule has 3 heterocycles. The van der Waals surface area contributed by atoms with Gasteiger partial charge in [0.2, 0.25) is 0 Å². The number of carbonyl (C=O) groups excluding carboxylic acids is 1. The van der Waals surface area contributed by atoms with E-state index in [9.17, 15) is 9.18 Å². The summed E-state index contributed by atoms with van der Waals surface area (Å²) in [4.78, 5) is 13.8. The number of hydrogen-bond donors (Lipinski definition) is 0. The van der Waals surface area contributed by atoms with Crippen molar-refractivity contribution in [2.45, 2.75) is 12.5 Å². The summed E-state index contributed by atoms with van der Waals surface area (Å²) in [5, 5.41) is 7.93. The minimum absolute atomic E-state index is 0.235. The zero-order valence-electron chi connectivity index (χ0n) is 12.6. The zero-order valence-corrected chi connectivity index (χ0v) is 13.4. The third-order valence-corrected chi connectivity index (χ3v) is 4.83. The molecule has 0 spiro atoms. The Morgan fingerprint density at radius 3 is 2.71 bits per heavy atom. The summed E-state index contributed by atoms with van der Waals surface area (Å²) in [6.45, 7) is 0. The summed E-state index contributed by atoms with van der Waals surface area (Å²) in [6, 6.07) is 13.1. The van der Waals surface area contributed by atoms with Gasteiger partial charge in [0.1, 0.15) is 5.82 Å². The van der Waals surface area contributed by atoms with E-state index in [1.54, 1.807) is 35.6 Å². The largest absolute Gasteiger partial charge is 0.459 e. The standard InChI is InChI=1S/C18H13FN2O2S/c19-13-7-5-12(6-8-13)15-11-14(17-4-2-10-24-17)20-21(15)18(22)16-3-1-9-23-16/h1-10,15H,11H2/t15-/m1/s1. The van der Waals surface area contributed by atoms with Crippen molar-refractivity contribution in [3.8, 4) is 0 Å². The summed E-state index contributed by atoms with van der Waals surface area (Å²) in [7, 11) is 0. The van der Waals surface area contributed by atoms with E-state index in [1.807, 2.05) is 17.5 Å². The van der Waals surface area contributed by atoms with E-state index < -0.39 is 0 Å². The topological polar surface area (TPSA) is 45.8 Å². The third-order valence-electron chi connectivity index (χ3n) is 3.91. The van der Waals surface area contributed by atoms with Crippen LogP contribution in [-0.2, 0) is 0 Å². The molecule has 4 nitrogen and oxygen atoms in total. The Morgan fingerprint density at radius 2 is 2.04 bits per heavy atom. The minimum Gasteiger partial charge on any atom is -0.459 e. The Morgan fingerprint density at radius 1 is 1.21 bits per heavy atom. The number of benzene rings is 1. The van der Waals surface area contributed by atoms with E-state index >= 15 is 0 Å². The van der Waals surface area contributed by atoms with E-state index in [4.69, 9.17) is 4.42 Å². The van der Waals surface area contributed by atoms with Crippen LogP contribution in [0.4, 0.5) is 4.39 Å². The second-order valence-electron chi connectivity index (χ2n) is 5.42. The lowest BCUT2D eigenvalue weighted by atomic mass is 10.0. The van der Waals surface area contributed by atoms with Gasteiger partial charge in [-0.05, 0) is 41.3 Å². The fraction of sp³-hybridized carbons (Fsp3) is 0.111. The lowest BCUT2D eigenvalue weighted by Gasteiger charge is -2.21. The summed E-state index contributed by atoms with van der Waals surface area (Å²) in [5.74, 6) is -0.376. The molecule has 1 aliphatic heterocycles. The molecule has 3 aromatic rings. The lowest BCUT2D eigenvalue weighted by Crippen LogP contribution is -2.26. The summed E-state index contributed by atoms with van der Waals surface area (Å²) in [6.07, 6.45) is 2.04. The van der Waals surface area contributed by atoms with Gasteiger partial charge >= 0.3 is 5.91 Å². The number of halogens is 1. The van der Waals surface area contributed by atoms with Gasteiger partial charge in [-0.3, -0.25) is 4.79 Å². The molecule has 0 unspecified atom stereocenters. The number of hydrogen-bond acceptors (Lipinski definition) is 4. The number of thiophene rings is 1. The van der Waals surface area contributed by atoms with Crippen molar-refractivity contribution in [1.82, 2.24) is 5.01 Å². The molecule has 4 rings (SSSR count). The van der Waals surface area contributed by atoms with Gasteiger partial charge < -0.3 is 4.42 Å². The highest BCUT2D eigenvalue weighted by molar-refractivity contribution is 7.12. The maximum atomic E-state index is 13.2. The highest BCUT2D eigenvalue weighted by atomic mass is 32.1. The van der Waals surface area contributed by atoms with Gasteiger partial charge in [-0.1, -0.05) is 18.2 Å². The number of hydrazone groups is 1. The molecule has 0 aliphatic carbocycles. The second-order valence-corrected chi connectivity index (χ2v) is 6.37. The average Bonchev–Trinajstić information content (AvgIpc) is 3.34. The first-order chi connectivity index (χ1) is 11.7. The van der Waals surface area contributed by atoms with Crippen LogP contribution in [0.25, 0.3) is 0 Å². The van der Waals surface area contributed by atoms with E-state index in [0.29, 0.717) is 6.42 Å². The molecule has 0 N–H and O–H groups in total. The summed E-state index contributed by atoms with van der Waals surface area (Å²) in [5.41, 5.74) is 1.69. The highest BCUT2D eigenvalue weighted by Gasteiger charge is 2.34. The third kappa shape index (κ3) is 2.65. The maximum absolute atomic E-state index is 13.2. The molecule has 0 saturated carbocycles. The van der Waals surface area contributed by atoms with Crippen molar-refractivity contribution in [1.29, 1.82) is 0 Å². The Labute approximate surface area is 141 Å². The number of furan rings is 1. The number of rotatable bonds is 3. The van der Waals surface area contributed by atoms with Crippen LogP contribution < -0.4 is 0 Å². The zero-order chi connectivity index (χ0) is 16.5. The second kappa shape index (κ2) is 6.05. The summed E-state index contributed by atoms with van der Waals surface area (Å²) < 4.78 is 18.4. The smallest absolute Gasteiger partial charge is 0.310 e. The first-order valence-electron chi connectivity index (χ1n) is 7.46. The monoisotopic (exact) mass is 340 g/mol. The molecular weight excluding hydrogens is 327 g/mol. The Balaban J connectivity index is 1.72. The Bertz CT molecular complexity index is 870. The molecule has 6 heteroatoms. The number of carbonyl (C=O) groups is 1. The van der Waals surface area contributed by atoms with Gasteiger partial charge in [-0.25, -0.2) is 9.40 Å². The normalized spacial score (nSPS) is 17.1. The highest BCUT2D eigenvalue weighted by Crippen LogP contribution is 2.34. The minimum atomic E-state index is -0.306. The van der Waals surface area contributed by atoms with Crippen molar-refractivity contribution in [2.75, 3.05) is 0 Å². The van der Waals surface area contributed by atoms with Crippen molar-refractivity contribution >= 4 is 23.0 Å². The summed E-state index contributed by atoms with van der Waals surface area (Å²) >= 11 is 1.58. The van der Waals surface area contributed by atoms with Crippen LogP contribution in [0.2, 0.25) is 0 Å². The van der Waals surface area contributed by atoms with Crippen LogP contribution in [0.15, 0.2) is 69.7 Å². The first kappa shape index (κ1) is 14.8. The molecule has 0 fully saturated rings. The molecule has 0 bridgehead atoms. The fourth-order valence-corrected chi connectivity index (χ4v) is 3.47. The first-order valence-corrected chi connectivity index (χ1v) is 8.34. The lowest BCUT2D eigenvalue weighted by molar-refractivity contribution is 0.0678. The van der Waals surface area contributed by atoms with E-state index in [0.717, 1.165) is 16.2 Å². The number of amides is 1. The molecule has 1 aliphatic rings. The van der Waals surface area contributed by atoms with E-state index in [-0.39, 0.29) is 23.5 Å². The molecule has 1 aromatic carbocycles. The predicted octanol–water partition coefficient (Wildman–Crippen LogP) is 4.47. The predicted molar refractivity (Wildman–Crippen MR) is 89.5 cm³/mol. The molecule has 1 amide bonds. The molecule has 120 valence electrons. The van der Waals surface area contributed by atoms with Crippen LogP contribution in [0.1, 0.15) is 33.5 Å². The van der Waals surface area contributed by atoms with Gasteiger partial charge in [0.05, 0.1) is 22.9 Å².